The third kappa shape index (κ3) is 3.75. The number of benzene rings is 1. The molecule has 1 aromatic rings. The highest BCUT2D eigenvalue weighted by Crippen LogP contribution is 2.28. The van der Waals surface area contributed by atoms with Crippen molar-refractivity contribution in [2.45, 2.75) is 46.5 Å². The Kier molecular flexibility index (Phi) is 4.37. The maximum absolute atomic E-state index is 5.99. The Labute approximate surface area is 123 Å². The van der Waals surface area contributed by atoms with E-state index in [0.717, 1.165) is 17.9 Å². The van der Waals surface area contributed by atoms with E-state index in [-0.39, 0.29) is 5.41 Å². The molecule has 1 aliphatic rings. The lowest BCUT2D eigenvalue weighted by Gasteiger charge is -2.21. The van der Waals surface area contributed by atoms with E-state index in [4.69, 9.17) is 4.74 Å². The van der Waals surface area contributed by atoms with E-state index in [2.05, 4.69) is 71.0 Å². The first-order valence-electron chi connectivity index (χ1n) is 7.53. The summed E-state index contributed by atoms with van der Waals surface area (Å²) in [5.41, 5.74) is 1.45. The molecule has 0 fully saturated rings. The molecule has 0 saturated heterocycles. The molecule has 1 aliphatic carbocycles. The van der Waals surface area contributed by atoms with E-state index < -0.39 is 0 Å². The molecule has 20 heavy (non-hydrogen) atoms. The zero-order chi connectivity index (χ0) is 14.8. The first kappa shape index (κ1) is 14.9. The van der Waals surface area contributed by atoms with Crippen molar-refractivity contribution >= 4 is 0 Å². The summed E-state index contributed by atoms with van der Waals surface area (Å²) in [6.45, 7) is 11.2. The van der Waals surface area contributed by atoms with Crippen LogP contribution in [0.4, 0.5) is 0 Å². The number of rotatable bonds is 3. The maximum Gasteiger partial charge on any atom is 0.127 e. The van der Waals surface area contributed by atoms with Gasteiger partial charge in [-0.25, -0.2) is 0 Å². The minimum atomic E-state index is 0.152. The molecule has 2 rings (SSSR count). The molecule has 0 aliphatic heterocycles. The van der Waals surface area contributed by atoms with Crippen molar-refractivity contribution in [3.8, 4) is 5.75 Å². The van der Waals surface area contributed by atoms with Crippen LogP contribution in [-0.4, -0.2) is 0 Å². The lowest BCUT2D eigenvalue weighted by Crippen LogP contribution is -2.11. The molecule has 0 bridgehead atoms. The lowest BCUT2D eigenvalue weighted by atomic mass is 9.87. The van der Waals surface area contributed by atoms with E-state index in [9.17, 15) is 0 Å². The van der Waals surface area contributed by atoms with Gasteiger partial charge in [-0.15, -0.1) is 0 Å². The fourth-order valence-electron chi connectivity index (χ4n) is 2.35. The van der Waals surface area contributed by atoms with Gasteiger partial charge in [0.1, 0.15) is 11.5 Å². The van der Waals surface area contributed by atoms with Gasteiger partial charge < -0.3 is 4.74 Å². The monoisotopic (exact) mass is 270 g/mol. The molecule has 0 saturated carbocycles. The number of hydrogen-bond donors (Lipinski definition) is 0. The third-order valence-corrected chi connectivity index (χ3v) is 3.89. The van der Waals surface area contributed by atoms with Crippen molar-refractivity contribution < 1.29 is 4.74 Å². The largest absolute Gasteiger partial charge is 0.458 e. The van der Waals surface area contributed by atoms with Gasteiger partial charge in [-0.05, 0) is 53.5 Å². The molecule has 108 valence electrons. The topological polar surface area (TPSA) is 9.23 Å². The molecule has 1 heteroatoms. The molecule has 0 heterocycles. The predicted molar refractivity (Wildman–Crippen MR) is 85.9 cm³/mol. The molecular weight excluding hydrogens is 244 g/mol. The maximum atomic E-state index is 5.99. The van der Waals surface area contributed by atoms with E-state index in [1.165, 1.54) is 5.56 Å². The molecular formula is C19H26O. The van der Waals surface area contributed by atoms with Crippen LogP contribution >= 0.6 is 0 Å². The van der Waals surface area contributed by atoms with Crippen LogP contribution in [0.15, 0.2) is 48.3 Å². The zero-order valence-electron chi connectivity index (χ0n) is 13.3. The van der Waals surface area contributed by atoms with Crippen LogP contribution in [-0.2, 0) is 5.41 Å². The van der Waals surface area contributed by atoms with Crippen LogP contribution in [0.5, 0.6) is 5.75 Å². The van der Waals surface area contributed by atoms with Crippen molar-refractivity contribution in [3.63, 3.8) is 0 Å². The van der Waals surface area contributed by atoms with Crippen molar-refractivity contribution in [2.75, 3.05) is 0 Å². The molecule has 0 aromatic heterocycles. The van der Waals surface area contributed by atoms with Gasteiger partial charge in [0, 0.05) is 0 Å². The summed E-state index contributed by atoms with van der Waals surface area (Å²) in [6, 6.07) is 8.40. The molecule has 1 aromatic carbocycles. The Morgan fingerprint density at radius 2 is 1.95 bits per heavy atom. The van der Waals surface area contributed by atoms with E-state index in [1.807, 2.05) is 6.07 Å². The minimum Gasteiger partial charge on any atom is -0.458 e. The highest BCUT2D eigenvalue weighted by molar-refractivity contribution is 5.35. The van der Waals surface area contributed by atoms with Crippen molar-refractivity contribution in [2.24, 2.45) is 11.8 Å². The number of allylic oxidation sites excluding steroid dienone is 3. The van der Waals surface area contributed by atoms with Crippen molar-refractivity contribution in [3.05, 3.63) is 53.8 Å². The molecule has 1 atom stereocenters. The normalized spacial score (nSPS) is 19.1. The Bertz CT molecular complexity index is 515. The molecule has 0 amide bonds. The standard InChI is InChI=1S/C19H26O/c1-14(2)15-9-11-17(12-10-15)20-18-8-6-7-16(13-18)19(3,4)5/h6-9,11-15H,10H2,1-5H3. The second-order valence-electron chi connectivity index (χ2n) is 6.99. The molecule has 0 N–H and O–H groups in total. The van der Waals surface area contributed by atoms with Gasteiger partial charge in [0.2, 0.25) is 0 Å². The predicted octanol–water partition coefficient (Wildman–Crippen LogP) is 5.48. The molecule has 0 radical (unpaired) electrons. The Balaban J connectivity index is 2.07. The van der Waals surface area contributed by atoms with Gasteiger partial charge in [-0.2, -0.15) is 0 Å². The first-order chi connectivity index (χ1) is 9.36. The minimum absolute atomic E-state index is 0.152. The Morgan fingerprint density at radius 3 is 2.50 bits per heavy atom. The summed E-state index contributed by atoms with van der Waals surface area (Å²) in [5.74, 6) is 3.22. The Morgan fingerprint density at radius 1 is 1.20 bits per heavy atom. The smallest absolute Gasteiger partial charge is 0.127 e. The third-order valence-electron chi connectivity index (χ3n) is 3.89. The molecule has 1 nitrogen and oxygen atoms in total. The fourth-order valence-corrected chi connectivity index (χ4v) is 2.35. The fraction of sp³-hybridized carbons (Fsp3) is 0.474. The van der Waals surface area contributed by atoms with Gasteiger partial charge in [0.05, 0.1) is 0 Å². The Hall–Kier alpha value is -1.50. The van der Waals surface area contributed by atoms with Crippen LogP contribution in [0, 0.1) is 11.8 Å². The van der Waals surface area contributed by atoms with Gasteiger partial charge in [-0.3, -0.25) is 0 Å². The van der Waals surface area contributed by atoms with Gasteiger partial charge in [0.15, 0.2) is 0 Å². The summed E-state index contributed by atoms with van der Waals surface area (Å²) in [6.07, 6.45) is 7.66. The molecule has 0 spiro atoms. The van der Waals surface area contributed by atoms with Gasteiger partial charge >= 0.3 is 0 Å². The lowest BCUT2D eigenvalue weighted by molar-refractivity contribution is 0.412. The second-order valence-corrected chi connectivity index (χ2v) is 6.99. The highest BCUT2D eigenvalue weighted by atomic mass is 16.5. The van der Waals surface area contributed by atoms with E-state index in [1.54, 1.807) is 0 Å². The van der Waals surface area contributed by atoms with Gasteiger partial charge in [0.25, 0.3) is 0 Å². The summed E-state index contributed by atoms with van der Waals surface area (Å²) >= 11 is 0. The number of ether oxygens (including phenoxy) is 1. The van der Waals surface area contributed by atoms with Crippen LogP contribution in [0.3, 0.4) is 0 Å². The zero-order valence-corrected chi connectivity index (χ0v) is 13.3. The quantitative estimate of drug-likeness (QED) is 0.706. The summed E-state index contributed by atoms with van der Waals surface area (Å²) in [4.78, 5) is 0. The van der Waals surface area contributed by atoms with Crippen molar-refractivity contribution in [1.29, 1.82) is 0 Å². The summed E-state index contributed by atoms with van der Waals surface area (Å²) in [5, 5.41) is 0. The second kappa shape index (κ2) is 5.87. The SMILES string of the molecule is CC(C)C1C=CC(Oc2cccc(C(C)(C)C)c2)=CC1. The number of hydrogen-bond acceptors (Lipinski definition) is 1. The van der Waals surface area contributed by atoms with E-state index >= 15 is 0 Å². The first-order valence-corrected chi connectivity index (χ1v) is 7.53. The van der Waals surface area contributed by atoms with Crippen LogP contribution < -0.4 is 4.74 Å². The molecule has 1 unspecified atom stereocenters. The highest BCUT2D eigenvalue weighted by Gasteiger charge is 2.15. The van der Waals surface area contributed by atoms with Crippen molar-refractivity contribution in [1.82, 2.24) is 0 Å². The van der Waals surface area contributed by atoms with E-state index in [0.29, 0.717) is 11.8 Å². The average Bonchev–Trinajstić information content (AvgIpc) is 2.38. The summed E-state index contributed by atoms with van der Waals surface area (Å²) < 4.78 is 5.99. The van der Waals surface area contributed by atoms with Crippen LogP contribution in [0.1, 0.15) is 46.6 Å². The van der Waals surface area contributed by atoms with Gasteiger partial charge in [-0.1, -0.05) is 52.8 Å². The van der Waals surface area contributed by atoms with Crippen LogP contribution in [0.25, 0.3) is 0 Å². The average molecular weight is 270 g/mol. The summed E-state index contributed by atoms with van der Waals surface area (Å²) in [7, 11) is 0. The van der Waals surface area contributed by atoms with Crippen LogP contribution in [0.2, 0.25) is 0 Å².